The van der Waals surface area contributed by atoms with E-state index in [0.717, 1.165) is 40.7 Å². The van der Waals surface area contributed by atoms with Gasteiger partial charge in [-0.25, -0.2) is 0 Å². The Balaban J connectivity index is 1.46. The molecule has 6 nitrogen and oxygen atoms in total. The van der Waals surface area contributed by atoms with Crippen LogP contribution < -0.4 is 0 Å². The fraction of sp³-hybridized carbons (Fsp3) is 0.353. The van der Waals surface area contributed by atoms with E-state index in [2.05, 4.69) is 105 Å². The molecule has 0 bridgehead atoms. The summed E-state index contributed by atoms with van der Waals surface area (Å²) >= 11 is 0. The van der Waals surface area contributed by atoms with Crippen molar-refractivity contribution >= 4 is 0 Å². The van der Waals surface area contributed by atoms with Gasteiger partial charge in [0.15, 0.2) is 0 Å². The molecule has 6 heteroatoms. The summed E-state index contributed by atoms with van der Waals surface area (Å²) in [7, 11) is 0. The van der Waals surface area contributed by atoms with Crippen molar-refractivity contribution in [2.45, 2.75) is 72.6 Å². The quantitative estimate of drug-likeness (QED) is 0.197. The van der Waals surface area contributed by atoms with Crippen molar-refractivity contribution in [2.24, 2.45) is 5.92 Å². The van der Waals surface area contributed by atoms with Crippen LogP contribution in [0.4, 0.5) is 0 Å². The van der Waals surface area contributed by atoms with Crippen molar-refractivity contribution < 1.29 is 8.83 Å². The third-order valence-electron chi connectivity index (χ3n) is 7.32. The first-order valence-electron chi connectivity index (χ1n) is 14.1. The Hall–Kier alpha value is -4.06. The highest BCUT2D eigenvalue weighted by molar-refractivity contribution is 5.68. The molecule has 0 saturated carbocycles. The average Bonchev–Trinajstić information content (AvgIpc) is 3.63. The Kier molecular flexibility index (Phi) is 7.70. The van der Waals surface area contributed by atoms with Gasteiger partial charge in [0.2, 0.25) is 23.6 Å². The molecule has 0 aliphatic rings. The molecule has 5 rings (SSSR count). The first kappa shape index (κ1) is 27.5. The maximum atomic E-state index is 6.16. The number of nitrogens with zero attached hydrogens (tertiary/aromatic N) is 4. The third kappa shape index (κ3) is 6.06. The van der Waals surface area contributed by atoms with Crippen molar-refractivity contribution in [2.75, 3.05) is 0 Å². The van der Waals surface area contributed by atoms with E-state index < -0.39 is 0 Å². The summed E-state index contributed by atoms with van der Waals surface area (Å²) in [6, 6.07) is 22.9. The fourth-order valence-electron chi connectivity index (χ4n) is 4.70. The molecule has 3 aromatic carbocycles. The van der Waals surface area contributed by atoms with E-state index in [0.29, 0.717) is 35.4 Å². The van der Waals surface area contributed by atoms with Crippen LogP contribution in [-0.4, -0.2) is 20.4 Å². The topological polar surface area (TPSA) is 77.8 Å². The summed E-state index contributed by atoms with van der Waals surface area (Å²) in [6.07, 6.45) is 2.04. The highest BCUT2D eigenvalue weighted by atomic mass is 16.4. The molecule has 5 aromatic rings. The summed E-state index contributed by atoms with van der Waals surface area (Å²) in [5.41, 5.74) is 7.25. The number of hydrogen-bond acceptors (Lipinski definition) is 6. The molecule has 0 spiro atoms. The summed E-state index contributed by atoms with van der Waals surface area (Å²) in [6.45, 7) is 15.4. The Bertz CT molecular complexity index is 1570. The highest BCUT2D eigenvalue weighted by Crippen LogP contribution is 2.34. The standard InChI is InChI=1S/C34H38N4O2/c1-8-22(4)26-18-27(32-37-35-30(39-32)24-11-9-23(10-12-24)17-21(2)3)20-28(19-26)33-38-36-31(40-33)25-13-15-29(16-14-25)34(5,6)7/h9-16,18-22H,8,17H2,1-7H3. The van der Waals surface area contributed by atoms with Crippen LogP contribution in [0.2, 0.25) is 0 Å². The Morgan fingerprint density at radius 2 is 1.07 bits per heavy atom. The smallest absolute Gasteiger partial charge is 0.248 e. The predicted octanol–water partition coefficient (Wildman–Crippen LogP) is 9.13. The minimum atomic E-state index is 0.0805. The van der Waals surface area contributed by atoms with Gasteiger partial charge in [-0.2, -0.15) is 0 Å². The van der Waals surface area contributed by atoms with Gasteiger partial charge < -0.3 is 8.83 Å². The molecule has 40 heavy (non-hydrogen) atoms. The highest BCUT2D eigenvalue weighted by Gasteiger charge is 2.19. The minimum Gasteiger partial charge on any atom is -0.416 e. The molecule has 0 N–H and O–H groups in total. The fourth-order valence-corrected chi connectivity index (χ4v) is 4.70. The lowest BCUT2D eigenvalue weighted by Crippen LogP contribution is -2.10. The normalized spacial score (nSPS) is 12.7. The van der Waals surface area contributed by atoms with Gasteiger partial charge in [0.1, 0.15) is 0 Å². The molecule has 0 aliphatic heterocycles. The van der Waals surface area contributed by atoms with Gasteiger partial charge in [0.05, 0.1) is 0 Å². The van der Waals surface area contributed by atoms with E-state index in [1.165, 1.54) is 11.1 Å². The van der Waals surface area contributed by atoms with Crippen molar-refractivity contribution in [3.63, 3.8) is 0 Å². The Morgan fingerprint density at radius 3 is 1.50 bits per heavy atom. The van der Waals surface area contributed by atoms with Crippen LogP contribution >= 0.6 is 0 Å². The lowest BCUT2D eigenvalue weighted by molar-refractivity contribution is 0.580. The van der Waals surface area contributed by atoms with E-state index in [4.69, 9.17) is 8.83 Å². The van der Waals surface area contributed by atoms with Gasteiger partial charge in [-0.05, 0) is 89.2 Å². The van der Waals surface area contributed by atoms with Gasteiger partial charge in [-0.15, -0.1) is 20.4 Å². The third-order valence-corrected chi connectivity index (χ3v) is 7.32. The number of aromatic nitrogens is 4. The second-order valence-corrected chi connectivity index (χ2v) is 12.1. The van der Waals surface area contributed by atoms with Crippen LogP contribution in [0, 0.1) is 5.92 Å². The number of benzene rings is 3. The number of rotatable bonds is 8. The molecular formula is C34H38N4O2. The van der Waals surface area contributed by atoms with E-state index in [9.17, 15) is 0 Å². The zero-order valence-corrected chi connectivity index (χ0v) is 24.5. The van der Waals surface area contributed by atoms with E-state index in [-0.39, 0.29) is 5.41 Å². The molecule has 206 valence electrons. The van der Waals surface area contributed by atoms with Gasteiger partial charge in [-0.3, -0.25) is 0 Å². The van der Waals surface area contributed by atoms with Gasteiger partial charge in [0.25, 0.3) is 0 Å². The van der Waals surface area contributed by atoms with E-state index in [1.54, 1.807) is 0 Å². The summed E-state index contributed by atoms with van der Waals surface area (Å²) in [5.74, 6) is 2.86. The summed E-state index contributed by atoms with van der Waals surface area (Å²) in [4.78, 5) is 0. The van der Waals surface area contributed by atoms with Crippen LogP contribution in [-0.2, 0) is 11.8 Å². The van der Waals surface area contributed by atoms with Crippen LogP contribution in [0.3, 0.4) is 0 Å². The van der Waals surface area contributed by atoms with Crippen LogP contribution in [0.1, 0.15) is 77.5 Å². The van der Waals surface area contributed by atoms with Crippen molar-refractivity contribution in [1.29, 1.82) is 0 Å². The number of hydrogen-bond donors (Lipinski definition) is 0. The van der Waals surface area contributed by atoms with Gasteiger partial charge in [0, 0.05) is 22.3 Å². The maximum Gasteiger partial charge on any atom is 0.248 e. The second-order valence-electron chi connectivity index (χ2n) is 12.1. The van der Waals surface area contributed by atoms with Gasteiger partial charge in [-0.1, -0.05) is 72.7 Å². The molecule has 0 fully saturated rings. The summed E-state index contributed by atoms with van der Waals surface area (Å²) < 4.78 is 12.3. The first-order chi connectivity index (χ1) is 19.1. The zero-order chi connectivity index (χ0) is 28.4. The molecule has 0 saturated heterocycles. The van der Waals surface area contributed by atoms with Gasteiger partial charge >= 0.3 is 0 Å². The molecule has 1 unspecified atom stereocenters. The zero-order valence-electron chi connectivity index (χ0n) is 24.5. The molecule has 2 heterocycles. The monoisotopic (exact) mass is 534 g/mol. The Labute approximate surface area is 236 Å². The van der Waals surface area contributed by atoms with Crippen molar-refractivity contribution in [3.8, 4) is 45.8 Å². The molecule has 0 amide bonds. The Morgan fingerprint density at radius 1 is 0.625 bits per heavy atom. The molecule has 1 atom stereocenters. The van der Waals surface area contributed by atoms with Crippen molar-refractivity contribution in [1.82, 2.24) is 20.4 Å². The van der Waals surface area contributed by atoms with Crippen LogP contribution in [0.15, 0.2) is 75.6 Å². The second kappa shape index (κ2) is 11.2. The van der Waals surface area contributed by atoms with Crippen molar-refractivity contribution in [3.05, 3.63) is 83.4 Å². The summed E-state index contributed by atoms with van der Waals surface area (Å²) in [5, 5.41) is 17.5. The van der Waals surface area contributed by atoms with E-state index >= 15 is 0 Å². The minimum absolute atomic E-state index is 0.0805. The first-order valence-corrected chi connectivity index (χ1v) is 14.1. The van der Waals surface area contributed by atoms with E-state index in [1.807, 2.05) is 30.3 Å². The lowest BCUT2D eigenvalue weighted by Gasteiger charge is -2.18. The molecule has 2 aromatic heterocycles. The predicted molar refractivity (Wildman–Crippen MR) is 160 cm³/mol. The van der Waals surface area contributed by atoms with Crippen LogP contribution in [0.5, 0.6) is 0 Å². The average molecular weight is 535 g/mol. The molecular weight excluding hydrogens is 496 g/mol. The maximum absolute atomic E-state index is 6.16. The molecule has 0 aliphatic carbocycles. The SMILES string of the molecule is CCC(C)c1cc(-c2nnc(-c3ccc(CC(C)C)cc3)o2)cc(-c2nnc(-c3ccc(C(C)(C)C)cc3)o2)c1. The molecule has 0 radical (unpaired) electrons. The largest absolute Gasteiger partial charge is 0.416 e. The van der Waals surface area contributed by atoms with Crippen LogP contribution in [0.25, 0.3) is 45.8 Å². The lowest BCUT2D eigenvalue weighted by atomic mass is 9.87.